The van der Waals surface area contributed by atoms with Gasteiger partial charge < -0.3 is 4.74 Å². The SMILES string of the molecule is CC1Cc2ccc(Br)cc2C1=O.COC(=O)C1(C)Cc2ccc(Br)cc2C1=O. The molecule has 0 spiro atoms. The largest absolute Gasteiger partial charge is 0.468 e. The van der Waals surface area contributed by atoms with Crippen LogP contribution >= 0.6 is 31.9 Å². The van der Waals surface area contributed by atoms with Gasteiger partial charge >= 0.3 is 5.97 Å². The number of hydrogen-bond acceptors (Lipinski definition) is 4. The number of rotatable bonds is 1. The minimum atomic E-state index is -1.06. The molecule has 0 saturated carbocycles. The quantitative estimate of drug-likeness (QED) is 0.393. The van der Waals surface area contributed by atoms with Gasteiger partial charge in [0, 0.05) is 26.0 Å². The lowest BCUT2D eigenvalue weighted by Crippen LogP contribution is -2.34. The monoisotopic (exact) mass is 506 g/mol. The van der Waals surface area contributed by atoms with E-state index in [0.717, 1.165) is 26.5 Å². The lowest BCUT2D eigenvalue weighted by molar-refractivity contribution is -0.148. The Hall–Kier alpha value is -1.79. The van der Waals surface area contributed by atoms with Gasteiger partial charge in [0.2, 0.25) is 0 Å². The fraction of sp³-hybridized carbons (Fsp3) is 0.318. The Labute approximate surface area is 180 Å². The maximum Gasteiger partial charge on any atom is 0.319 e. The van der Waals surface area contributed by atoms with Crippen LogP contribution in [0.25, 0.3) is 0 Å². The minimum Gasteiger partial charge on any atom is -0.468 e. The lowest BCUT2D eigenvalue weighted by atomic mass is 9.86. The summed E-state index contributed by atoms with van der Waals surface area (Å²) < 4.78 is 6.53. The van der Waals surface area contributed by atoms with E-state index in [1.54, 1.807) is 13.0 Å². The summed E-state index contributed by atoms with van der Waals surface area (Å²) in [6.45, 7) is 3.62. The Morgan fingerprint density at radius 1 is 1.04 bits per heavy atom. The van der Waals surface area contributed by atoms with Crippen molar-refractivity contribution in [3.8, 4) is 0 Å². The maximum atomic E-state index is 12.1. The van der Waals surface area contributed by atoms with Crippen molar-refractivity contribution in [3.63, 3.8) is 0 Å². The van der Waals surface area contributed by atoms with Gasteiger partial charge in [0.1, 0.15) is 5.41 Å². The Morgan fingerprint density at radius 3 is 2.21 bits per heavy atom. The van der Waals surface area contributed by atoms with E-state index in [1.165, 1.54) is 12.7 Å². The number of halogens is 2. The van der Waals surface area contributed by atoms with Gasteiger partial charge in [0.25, 0.3) is 0 Å². The fourth-order valence-electron chi connectivity index (χ4n) is 3.71. The summed E-state index contributed by atoms with van der Waals surface area (Å²) in [5.41, 5.74) is 2.55. The molecule has 0 radical (unpaired) electrons. The number of esters is 1. The standard InChI is InChI=1S/C12H11BrO3.C10H9BrO/c1-12(11(15)16-2)6-7-3-4-8(13)5-9(7)10(12)14;1-6-4-7-2-3-8(11)5-9(7)10(6)12/h3-5H,6H2,1-2H3;2-3,5-6H,4H2,1H3. The van der Waals surface area contributed by atoms with Gasteiger partial charge in [-0.3, -0.25) is 14.4 Å². The molecule has 0 fully saturated rings. The first-order valence-electron chi connectivity index (χ1n) is 8.91. The summed E-state index contributed by atoms with van der Waals surface area (Å²) in [4.78, 5) is 35.3. The highest BCUT2D eigenvalue weighted by Gasteiger charge is 2.48. The first-order valence-corrected chi connectivity index (χ1v) is 10.5. The van der Waals surface area contributed by atoms with Crippen molar-refractivity contribution in [2.75, 3.05) is 7.11 Å². The second kappa shape index (κ2) is 7.91. The number of fused-ring (bicyclic) bond motifs is 2. The molecule has 146 valence electrons. The van der Waals surface area contributed by atoms with Crippen molar-refractivity contribution in [1.29, 1.82) is 0 Å². The third kappa shape index (κ3) is 3.72. The van der Waals surface area contributed by atoms with Crippen LogP contribution in [-0.2, 0) is 22.4 Å². The van der Waals surface area contributed by atoms with Gasteiger partial charge in [-0.2, -0.15) is 0 Å². The first kappa shape index (κ1) is 20.9. The smallest absolute Gasteiger partial charge is 0.319 e. The molecule has 0 bridgehead atoms. The Balaban J connectivity index is 0.000000167. The average Bonchev–Trinajstić information content (AvgIpc) is 3.10. The van der Waals surface area contributed by atoms with Crippen molar-refractivity contribution in [1.82, 2.24) is 0 Å². The molecular weight excluding hydrogens is 488 g/mol. The molecular formula is C22H20Br2O4. The number of methoxy groups -OCH3 is 1. The molecule has 2 unspecified atom stereocenters. The van der Waals surface area contributed by atoms with Gasteiger partial charge in [0.05, 0.1) is 7.11 Å². The van der Waals surface area contributed by atoms with E-state index in [1.807, 2.05) is 37.3 Å². The van der Waals surface area contributed by atoms with E-state index in [-0.39, 0.29) is 17.5 Å². The highest BCUT2D eigenvalue weighted by molar-refractivity contribution is 9.10. The molecule has 2 aromatic carbocycles. The van der Waals surface area contributed by atoms with Crippen molar-refractivity contribution in [2.24, 2.45) is 11.3 Å². The molecule has 4 nitrogen and oxygen atoms in total. The van der Waals surface area contributed by atoms with Crippen molar-refractivity contribution in [3.05, 3.63) is 67.6 Å². The summed E-state index contributed by atoms with van der Waals surface area (Å²) in [5, 5.41) is 0. The number of carbonyl (C=O) groups is 3. The van der Waals surface area contributed by atoms with E-state index in [9.17, 15) is 14.4 Å². The molecule has 2 aromatic rings. The van der Waals surface area contributed by atoms with E-state index >= 15 is 0 Å². The number of benzene rings is 2. The Bertz CT molecular complexity index is 982. The molecule has 0 heterocycles. The zero-order valence-corrected chi connectivity index (χ0v) is 19.0. The topological polar surface area (TPSA) is 60.4 Å². The molecule has 0 saturated heterocycles. The predicted octanol–water partition coefficient (Wildman–Crippen LogP) is 5.19. The molecule has 0 N–H and O–H groups in total. The molecule has 2 atom stereocenters. The number of hydrogen-bond donors (Lipinski definition) is 0. The molecule has 4 rings (SSSR count). The van der Waals surface area contributed by atoms with Crippen molar-refractivity contribution < 1.29 is 19.1 Å². The van der Waals surface area contributed by atoms with Crippen molar-refractivity contribution in [2.45, 2.75) is 26.7 Å². The number of ether oxygens (including phenoxy) is 1. The van der Waals surface area contributed by atoms with E-state index in [2.05, 4.69) is 31.9 Å². The van der Waals surface area contributed by atoms with E-state index in [4.69, 9.17) is 4.74 Å². The van der Waals surface area contributed by atoms with E-state index in [0.29, 0.717) is 12.0 Å². The van der Waals surface area contributed by atoms with Crippen LogP contribution < -0.4 is 0 Å². The van der Waals surface area contributed by atoms with Crippen LogP contribution in [0.15, 0.2) is 45.3 Å². The fourth-order valence-corrected chi connectivity index (χ4v) is 4.43. The van der Waals surface area contributed by atoms with E-state index < -0.39 is 11.4 Å². The second-order valence-corrected chi connectivity index (χ2v) is 9.23. The van der Waals surface area contributed by atoms with Gasteiger partial charge in [-0.1, -0.05) is 50.9 Å². The number of carbonyl (C=O) groups excluding carboxylic acids is 3. The third-order valence-electron chi connectivity index (χ3n) is 5.31. The van der Waals surface area contributed by atoms with Crippen LogP contribution in [-0.4, -0.2) is 24.6 Å². The Kier molecular flexibility index (Phi) is 5.92. The zero-order chi connectivity index (χ0) is 20.6. The van der Waals surface area contributed by atoms with Gasteiger partial charge in [-0.05, 0) is 55.2 Å². The number of Topliss-reactive ketones (excluding diaryl/α,β-unsaturated/α-hetero) is 2. The summed E-state index contributed by atoms with van der Waals surface area (Å²) in [6, 6.07) is 11.4. The predicted molar refractivity (Wildman–Crippen MR) is 114 cm³/mol. The van der Waals surface area contributed by atoms with Crippen LogP contribution in [0.4, 0.5) is 0 Å². The molecule has 2 aliphatic rings. The van der Waals surface area contributed by atoms with Crippen LogP contribution in [0.2, 0.25) is 0 Å². The van der Waals surface area contributed by atoms with Gasteiger partial charge in [0.15, 0.2) is 11.6 Å². The second-order valence-electron chi connectivity index (χ2n) is 7.40. The molecule has 2 aliphatic carbocycles. The third-order valence-corrected chi connectivity index (χ3v) is 6.30. The summed E-state index contributed by atoms with van der Waals surface area (Å²) in [5.74, 6) is -0.166. The molecule has 28 heavy (non-hydrogen) atoms. The lowest BCUT2D eigenvalue weighted by Gasteiger charge is -2.17. The highest BCUT2D eigenvalue weighted by atomic mass is 79.9. The Morgan fingerprint density at radius 2 is 1.61 bits per heavy atom. The zero-order valence-electron chi connectivity index (χ0n) is 15.8. The summed E-state index contributed by atoms with van der Waals surface area (Å²) in [6.07, 6.45) is 1.32. The average molecular weight is 508 g/mol. The van der Waals surface area contributed by atoms with Crippen LogP contribution in [0.3, 0.4) is 0 Å². The highest BCUT2D eigenvalue weighted by Crippen LogP contribution is 2.38. The molecule has 0 amide bonds. The van der Waals surface area contributed by atoms with Gasteiger partial charge in [-0.15, -0.1) is 0 Å². The molecule has 0 aliphatic heterocycles. The van der Waals surface area contributed by atoms with Crippen LogP contribution in [0.5, 0.6) is 0 Å². The normalized spacial score (nSPS) is 22.2. The minimum absolute atomic E-state index is 0.157. The molecule has 0 aromatic heterocycles. The van der Waals surface area contributed by atoms with Crippen LogP contribution in [0, 0.1) is 11.3 Å². The van der Waals surface area contributed by atoms with Crippen LogP contribution in [0.1, 0.15) is 45.7 Å². The maximum absolute atomic E-state index is 12.1. The molecule has 6 heteroatoms. The van der Waals surface area contributed by atoms with Crippen molar-refractivity contribution >= 4 is 49.4 Å². The summed E-state index contributed by atoms with van der Waals surface area (Å²) in [7, 11) is 1.31. The summed E-state index contributed by atoms with van der Waals surface area (Å²) >= 11 is 6.68. The number of ketones is 2. The first-order chi connectivity index (χ1) is 13.2. The van der Waals surface area contributed by atoms with Gasteiger partial charge in [-0.25, -0.2) is 0 Å².